The minimum Gasteiger partial charge on any atom is -0.490 e. The molecule has 5 rings (SSSR count). The van der Waals surface area contributed by atoms with Gasteiger partial charge < -0.3 is 24.9 Å². The van der Waals surface area contributed by atoms with Gasteiger partial charge in [-0.2, -0.15) is 5.26 Å². The largest absolute Gasteiger partial charge is 0.490 e. The minimum absolute atomic E-state index is 0. The van der Waals surface area contributed by atoms with Gasteiger partial charge in [0, 0.05) is 40.6 Å². The van der Waals surface area contributed by atoms with E-state index in [-0.39, 0.29) is 24.6 Å². The zero-order valence-corrected chi connectivity index (χ0v) is 22.7. The molecule has 0 bridgehead atoms. The molecule has 0 saturated heterocycles. The van der Waals surface area contributed by atoms with Gasteiger partial charge in [0.15, 0.2) is 0 Å². The number of nitrogens with one attached hydrogen (secondary N) is 2. The SMILES string of the molecule is CC(C)(Cc1ccc(Oc2ccc(C#N)cn2)cc1)NC[C@H](O)COc1cccc2[nH]c3ccccc3c12.Cl. The Labute approximate surface area is 233 Å². The molecule has 0 aliphatic rings. The molecule has 39 heavy (non-hydrogen) atoms. The Morgan fingerprint density at radius 2 is 1.77 bits per heavy atom. The second kappa shape index (κ2) is 12.2. The Hall–Kier alpha value is -4.09. The van der Waals surface area contributed by atoms with Gasteiger partial charge in [0.2, 0.25) is 5.88 Å². The number of rotatable bonds is 10. The Bertz CT molecular complexity index is 1570. The van der Waals surface area contributed by atoms with E-state index in [2.05, 4.69) is 35.2 Å². The number of H-pyrrole nitrogens is 1. The van der Waals surface area contributed by atoms with E-state index in [1.54, 1.807) is 12.1 Å². The molecule has 0 radical (unpaired) electrons. The standard InChI is InChI=1S/C31H30N4O3.ClH/c1-31(2,16-21-10-13-24(14-11-21)38-29-15-12-22(17-32)18-33-29)34-19-23(36)20-37-28-9-5-8-27-30(28)25-6-3-4-7-26(25)35-27;/h3-15,18,23,34-36H,16,19-20H2,1-2H3;1H/t23-;/m0./s1. The summed E-state index contributed by atoms with van der Waals surface area (Å²) in [7, 11) is 0. The van der Waals surface area contributed by atoms with Gasteiger partial charge >= 0.3 is 0 Å². The fourth-order valence-corrected chi connectivity index (χ4v) is 4.50. The summed E-state index contributed by atoms with van der Waals surface area (Å²) in [6, 6.07) is 27.3. The highest BCUT2D eigenvalue weighted by atomic mass is 35.5. The molecule has 0 unspecified atom stereocenters. The number of fused-ring (bicyclic) bond motifs is 3. The summed E-state index contributed by atoms with van der Waals surface area (Å²) < 4.78 is 11.8. The summed E-state index contributed by atoms with van der Waals surface area (Å²) in [5.74, 6) is 1.88. The lowest BCUT2D eigenvalue weighted by Crippen LogP contribution is -2.46. The molecule has 0 amide bonds. The van der Waals surface area contributed by atoms with Gasteiger partial charge in [-0.05, 0) is 62.2 Å². The molecular formula is C31H31ClN4O3. The molecule has 1 atom stereocenters. The first-order valence-corrected chi connectivity index (χ1v) is 12.6. The van der Waals surface area contributed by atoms with Crippen molar-refractivity contribution in [2.45, 2.75) is 31.9 Å². The molecule has 200 valence electrons. The van der Waals surface area contributed by atoms with Crippen LogP contribution in [0.15, 0.2) is 85.1 Å². The van der Waals surface area contributed by atoms with Crippen molar-refractivity contribution in [2.24, 2.45) is 0 Å². The molecule has 3 N–H and O–H groups in total. The first kappa shape index (κ1) is 27.9. The van der Waals surface area contributed by atoms with E-state index in [0.29, 0.717) is 23.7 Å². The predicted molar refractivity (Wildman–Crippen MR) is 156 cm³/mol. The number of hydrogen-bond donors (Lipinski definition) is 3. The van der Waals surface area contributed by atoms with Crippen LogP contribution >= 0.6 is 12.4 Å². The molecular weight excluding hydrogens is 512 g/mol. The topological polar surface area (TPSA) is 103 Å². The Morgan fingerprint density at radius 1 is 1.00 bits per heavy atom. The number of aliphatic hydroxyl groups excluding tert-OH is 1. The number of ether oxygens (including phenoxy) is 2. The molecule has 2 heterocycles. The van der Waals surface area contributed by atoms with Crippen LogP contribution in [-0.2, 0) is 6.42 Å². The number of benzene rings is 3. The first-order chi connectivity index (χ1) is 18.4. The smallest absolute Gasteiger partial charge is 0.219 e. The second-order valence-corrected chi connectivity index (χ2v) is 10.00. The van der Waals surface area contributed by atoms with Crippen molar-refractivity contribution in [1.82, 2.24) is 15.3 Å². The normalized spacial score (nSPS) is 12.1. The van der Waals surface area contributed by atoms with Crippen LogP contribution < -0.4 is 14.8 Å². The molecule has 0 aliphatic heterocycles. The highest BCUT2D eigenvalue weighted by Gasteiger charge is 2.20. The quantitative estimate of drug-likeness (QED) is 0.195. The summed E-state index contributed by atoms with van der Waals surface area (Å²) >= 11 is 0. The number of halogens is 1. The monoisotopic (exact) mass is 542 g/mol. The second-order valence-electron chi connectivity index (χ2n) is 10.00. The highest BCUT2D eigenvalue weighted by Crippen LogP contribution is 2.33. The van der Waals surface area contributed by atoms with E-state index in [1.165, 1.54) is 6.20 Å². The third kappa shape index (κ3) is 6.87. The van der Waals surface area contributed by atoms with Crippen LogP contribution in [0.25, 0.3) is 21.8 Å². The summed E-state index contributed by atoms with van der Waals surface area (Å²) in [6.45, 7) is 4.82. The number of nitrogens with zero attached hydrogens (tertiary/aromatic N) is 2. The molecule has 2 aromatic heterocycles. The average molecular weight is 543 g/mol. The van der Waals surface area contributed by atoms with E-state index < -0.39 is 6.10 Å². The minimum atomic E-state index is -0.662. The summed E-state index contributed by atoms with van der Waals surface area (Å²) in [6.07, 6.45) is 1.59. The lowest BCUT2D eigenvalue weighted by Gasteiger charge is -2.28. The molecule has 5 aromatic rings. The number of hydrogen-bond acceptors (Lipinski definition) is 6. The van der Waals surface area contributed by atoms with Gasteiger partial charge in [0.25, 0.3) is 0 Å². The van der Waals surface area contributed by atoms with E-state index in [1.807, 2.05) is 66.7 Å². The van der Waals surface area contributed by atoms with E-state index in [4.69, 9.17) is 14.7 Å². The molecule has 0 saturated carbocycles. The van der Waals surface area contributed by atoms with Crippen molar-refractivity contribution < 1.29 is 14.6 Å². The molecule has 8 heteroatoms. The molecule has 0 aliphatic carbocycles. The summed E-state index contributed by atoms with van der Waals surface area (Å²) in [4.78, 5) is 7.55. The van der Waals surface area contributed by atoms with Crippen molar-refractivity contribution in [2.75, 3.05) is 13.2 Å². The number of pyridine rings is 1. The molecule has 3 aromatic carbocycles. The maximum absolute atomic E-state index is 10.6. The van der Waals surface area contributed by atoms with Gasteiger partial charge in [0.1, 0.15) is 30.3 Å². The number of aromatic amines is 1. The van der Waals surface area contributed by atoms with Crippen molar-refractivity contribution in [3.05, 3.63) is 96.2 Å². The number of aromatic nitrogens is 2. The summed E-state index contributed by atoms with van der Waals surface area (Å²) in [5, 5.41) is 25.1. The van der Waals surface area contributed by atoms with Crippen LogP contribution in [-0.4, -0.2) is 39.9 Å². The molecule has 0 fully saturated rings. The Kier molecular flexibility index (Phi) is 8.72. The molecule has 0 spiro atoms. The highest BCUT2D eigenvalue weighted by molar-refractivity contribution is 6.10. The lowest BCUT2D eigenvalue weighted by molar-refractivity contribution is 0.0996. The zero-order chi connectivity index (χ0) is 26.5. The third-order valence-corrected chi connectivity index (χ3v) is 6.40. The summed E-state index contributed by atoms with van der Waals surface area (Å²) in [5.41, 5.74) is 3.47. The van der Waals surface area contributed by atoms with Gasteiger partial charge in [-0.15, -0.1) is 12.4 Å². The van der Waals surface area contributed by atoms with Crippen molar-refractivity contribution in [3.63, 3.8) is 0 Å². The zero-order valence-electron chi connectivity index (χ0n) is 21.8. The maximum Gasteiger partial charge on any atom is 0.219 e. The Balaban J connectivity index is 0.00000353. The average Bonchev–Trinajstić information content (AvgIpc) is 3.31. The van der Waals surface area contributed by atoms with Crippen LogP contribution in [0.2, 0.25) is 0 Å². The maximum atomic E-state index is 10.6. The van der Waals surface area contributed by atoms with Crippen molar-refractivity contribution in [3.8, 4) is 23.4 Å². The van der Waals surface area contributed by atoms with Crippen molar-refractivity contribution >= 4 is 34.2 Å². The van der Waals surface area contributed by atoms with E-state index >= 15 is 0 Å². The number of β-amino-alcohol motifs (C(OH)–C–C–N with tert-alkyl or cyclic N) is 1. The van der Waals surface area contributed by atoms with E-state index in [0.717, 1.165) is 39.5 Å². The fraction of sp³-hybridized carbons (Fsp3) is 0.226. The van der Waals surface area contributed by atoms with Crippen LogP contribution in [0.1, 0.15) is 25.0 Å². The van der Waals surface area contributed by atoms with Crippen LogP contribution in [0.4, 0.5) is 0 Å². The number of para-hydroxylation sites is 1. The van der Waals surface area contributed by atoms with Gasteiger partial charge in [0.05, 0.1) is 11.1 Å². The Morgan fingerprint density at radius 3 is 2.51 bits per heavy atom. The fourth-order valence-electron chi connectivity index (χ4n) is 4.50. The lowest BCUT2D eigenvalue weighted by atomic mass is 9.94. The first-order valence-electron chi connectivity index (χ1n) is 12.6. The van der Waals surface area contributed by atoms with E-state index in [9.17, 15) is 5.11 Å². The third-order valence-electron chi connectivity index (χ3n) is 6.40. The van der Waals surface area contributed by atoms with Gasteiger partial charge in [-0.25, -0.2) is 4.98 Å². The van der Waals surface area contributed by atoms with Crippen LogP contribution in [0.3, 0.4) is 0 Å². The van der Waals surface area contributed by atoms with Crippen molar-refractivity contribution in [1.29, 1.82) is 5.26 Å². The van der Waals surface area contributed by atoms with Gasteiger partial charge in [-0.3, -0.25) is 0 Å². The predicted octanol–water partition coefficient (Wildman–Crippen LogP) is 6.15. The molecule has 7 nitrogen and oxygen atoms in total. The number of nitriles is 1. The number of aliphatic hydroxyl groups is 1. The van der Waals surface area contributed by atoms with Gasteiger partial charge in [-0.1, -0.05) is 36.4 Å². The van der Waals surface area contributed by atoms with Crippen LogP contribution in [0.5, 0.6) is 17.4 Å². The van der Waals surface area contributed by atoms with Crippen LogP contribution in [0, 0.1) is 11.3 Å².